The molecule has 0 atom stereocenters. The topological polar surface area (TPSA) is 93.0 Å². The molecule has 0 saturated carbocycles. The summed E-state index contributed by atoms with van der Waals surface area (Å²) in [6, 6.07) is 9.38. The standard InChI is InChI=1S/C12H14N4O2/c1-2-18-12(17)9-10(13)15-16-11(9)14-8-6-4-3-5-7-8/h3-7H,2H2,1H3,(H4,13,14,15,16). The van der Waals surface area contributed by atoms with E-state index in [1.807, 2.05) is 30.3 Å². The zero-order valence-electron chi connectivity index (χ0n) is 9.93. The Morgan fingerprint density at radius 1 is 1.44 bits per heavy atom. The average Bonchev–Trinajstić information content (AvgIpc) is 2.72. The summed E-state index contributed by atoms with van der Waals surface area (Å²) in [6.45, 7) is 2.02. The Kier molecular flexibility index (Phi) is 3.47. The maximum Gasteiger partial charge on any atom is 0.345 e. The van der Waals surface area contributed by atoms with E-state index in [9.17, 15) is 4.79 Å². The minimum Gasteiger partial charge on any atom is -0.462 e. The molecule has 0 radical (unpaired) electrons. The fourth-order valence-electron chi connectivity index (χ4n) is 1.51. The summed E-state index contributed by atoms with van der Waals surface area (Å²) in [6.07, 6.45) is 0. The predicted molar refractivity (Wildman–Crippen MR) is 68.7 cm³/mol. The van der Waals surface area contributed by atoms with Gasteiger partial charge in [-0.25, -0.2) is 4.79 Å². The normalized spacial score (nSPS) is 10.1. The first kappa shape index (κ1) is 12.0. The van der Waals surface area contributed by atoms with Crippen molar-refractivity contribution in [3.8, 4) is 0 Å². The molecule has 18 heavy (non-hydrogen) atoms. The lowest BCUT2D eigenvalue weighted by Gasteiger charge is -2.05. The number of aromatic amines is 1. The SMILES string of the molecule is CCOC(=O)c1c(Nc2ccccc2)n[nH]c1N. The van der Waals surface area contributed by atoms with E-state index in [0.29, 0.717) is 5.82 Å². The van der Waals surface area contributed by atoms with Crippen LogP contribution in [0.15, 0.2) is 30.3 Å². The number of hydrogen-bond acceptors (Lipinski definition) is 5. The number of ether oxygens (including phenoxy) is 1. The summed E-state index contributed by atoms with van der Waals surface area (Å²) in [4.78, 5) is 11.7. The molecule has 0 spiro atoms. The first-order valence-corrected chi connectivity index (χ1v) is 5.55. The highest BCUT2D eigenvalue weighted by atomic mass is 16.5. The molecule has 0 aliphatic rings. The fourth-order valence-corrected chi connectivity index (χ4v) is 1.51. The number of benzene rings is 1. The number of nitrogens with two attached hydrogens (primary N) is 1. The van der Waals surface area contributed by atoms with Gasteiger partial charge in [0.1, 0.15) is 11.4 Å². The number of hydrogen-bond donors (Lipinski definition) is 3. The maximum atomic E-state index is 11.7. The number of nitrogens with one attached hydrogen (secondary N) is 2. The number of anilines is 3. The third-order valence-corrected chi connectivity index (χ3v) is 2.31. The molecule has 0 aliphatic heterocycles. The van der Waals surface area contributed by atoms with E-state index >= 15 is 0 Å². The molecule has 0 saturated heterocycles. The van der Waals surface area contributed by atoms with E-state index in [-0.39, 0.29) is 18.0 Å². The van der Waals surface area contributed by atoms with Crippen LogP contribution in [0, 0.1) is 0 Å². The largest absolute Gasteiger partial charge is 0.462 e. The monoisotopic (exact) mass is 246 g/mol. The maximum absolute atomic E-state index is 11.7. The van der Waals surface area contributed by atoms with E-state index in [2.05, 4.69) is 15.5 Å². The highest BCUT2D eigenvalue weighted by Gasteiger charge is 2.20. The van der Waals surface area contributed by atoms with Gasteiger partial charge in [0.25, 0.3) is 0 Å². The summed E-state index contributed by atoms with van der Waals surface area (Å²) in [5.74, 6) is 0.0474. The van der Waals surface area contributed by atoms with Crippen molar-refractivity contribution in [2.45, 2.75) is 6.92 Å². The number of nitrogens with zero attached hydrogens (tertiary/aromatic N) is 1. The minimum atomic E-state index is -0.498. The van der Waals surface area contributed by atoms with Crippen LogP contribution in [0.4, 0.5) is 17.3 Å². The molecular weight excluding hydrogens is 232 g/mol. The van der Waals surface area contributed by atoms with Crippen LogP contribution in [-0.2, 0) is 4.74 Å². The Labute approximate surface area is 104 Å². The van der Waals surface area contributed by atoms with Crippen LogP contribution in [0.3, 0.4) is 0 Å². The van der Waals surface area contributed by atoms with Crippen molar-refractivity contribution in [2.24, 2.45) is 0 Å². The molecule has 6 heteroatoms. The van der Waals surface area contributed by atoms with Crippen LogP contribution >= 0.6 is 0 Å². The number of carbonyl (C=O) groups is 1. The van der Waals surface area contributed by atoms with Crippen LogP contribution in [0.2, 0.25) is 0 Å². The summed E-state index contributed by atoms with van der Waals surface area (Å²) >= 11 is 0. The van der Waals surface area contributed by atoms with Gasteiger partial charge >= 0.3 is 5.97 Å². The Morgan fingerprint density at radius 3 is 2.83 bits per heavy atom. The molecule has 0 bridgehead atoms. The van der Waals surface area contributed by atoms with Gasteiger partial charge in [-0.3, -0.25) is 5.10 Å². The van der Waals surface area contributed by atoms with Gasteiger partial charge in [-0.15, -0.1) is 0 Å². The molecule has 2 rings (SSSR count). The van der Waals surface area contributed by atoms with E-state index in [4.69, 9.17) is 10.5 Å². The summed E-state index contributed by atoms with van der Waals surface area (Å²) in [7, 11) is 0. The van der Waals surface area contributed by atoms with Crippen LogP contribution in [0.1, 0.15) is 17.3 Å². The van der Waals surface area contributed by atoms with Gasteiger partial charge in [0.15, 0.2) is 5.82 Å². The minimum absolute atomic E-state index is 0.187. The summed E-state index contributed by atoms with van der Waals surface area (Å²) in [5, 5.41) is 9.52. The average molecular weight is 246 g/mol. The van der Waals surface area contributed by atoms with Gasteiger partial charge in [-0.2, -0.15) is 5.10 Å². The number of carbonyl (C=O) groups excluding carboxylic acids is 1. The quantitative estimate of drug-likeness (QED) is 0.716. The van der Waals surface area contributed by atoms with Crippen molar-refractivity contribution in [1.82, 2.24) is 10.2 Å². The molecule has 1 heterocycles. The van der Waals surface area contributed by atoms with Crippen molar-refractivity contribution >= 4 is 23.3 Å². The van der Waals surface area contributed by atoms with Gasteiger partial charge < -0.3 is 15.8 Å². The molecule has 2 aromatic rings. The third kappa shape index (κ3) is 2.42. The predicted octanol–water partition coefficient (Wildman–Crippen LogP) is 1.91. The van der Waals surface area contributed by atoms with Crippen molar-refractivity contribution in [3.63, 3.8) is 0 Å². The van der Waals surface area contributed by atoms with Gasteiger partial charge in [-0.1, -0.05) is 18.2 Å². The second kappa shape index (κ2) is 5.22. The Morgan fingerprint density at radius 2 is 2.17 bits per heavy atom. The zero-order chi connectivity index (χ0) is 13.0. The van der Waals surface area contributed by atoms with Gasteiger partial charge in [-0.05, 0) is 19.1 Å². The lowest BCUT2D eigenvalue weighted by molar-refractivity contribution is 0.0529. The first-order chi connectivity index (χ1) is 8.72. The van der Waals surface area contributed by atoms with E-state index in [1.165, 1.54) is 0 Å². The van der Waals surface area contributed by atoms with Gasteiger partial charge in [0, 0.05) is 5.69 Å². The van der Waals surface area contributed by atoms with Gasteiger partial charge in [0.05, 0.1) is 6.61 Å². The number of esters is 1. The molecule has 0 unspecified atom stereocenters. The molecule has 0 aliphatic carbocycles. The smallest absolute Gasteiger partial charge is 0.345 e. The lowest BCUT2D eigenvalue weighted by atomic mass is 10.2. The Balaban J connectivity index is 2.26. The van der Waals surface area contributed by atoms with E-state index < -0.39 is 5.97 Å². The van der Waals surface area contributed by atoms with Crippen LogP contribution in [-0.4, -0.2) is 22.8 Å². The highest BCUT2D eigenvalue weighted by molar-refractivity contribution is 6.00. The molecule has 1 aromatic heterocycles. The Bertz CT molecular complexity index is 536. The number of H-pyrrole nitrogens is 1. The van der Waals surface area contributed by atoms with Crippen molar-refractivity contribution in [2.75, 3.05) is 17.7 Å². The molecule has 0 fully saturated rings. The molecule has 6 nitrogen and oxygen atoms in total. The molecule has 4 N–H and O–H groups in total. The van der Waals surface area contributed by atoms with Crippen LogP contribution < -0.4 is 11.1 Å². The molecule has 94 valence electrons. The molecule has 1 aromatic carbocycles. The van der Waals surface area contributed by atoms with Crippen molar-refractivity contribution in [1.29, 1.82) is 0 Å². The fraction of sp³-hybridized carbons (Fsp3) is 0.167. The number of aromatic nitrogens is 2. The third-order valence-electron chi connectivity index (χ3n) is 2.31. The van der Waals surface area contributed by atoms with Crippen LogP contribution in [0.25, 0.3) is 0 Å². The first-order valence-electron chi connectivity index (χ1n) is 5.55. The lowest BCUT2D eigenvalue weighted by Crippen LogP contribution is -2.08. The van der Waals surface area contributed by atoms with Crippen LogP contribution in [0.5, 0.6) is 0 Å². The molecule has 0 amide bonds. The number of nitrogen functional groups attached to an aromatic ring is 1. The zero-order valence-corrected chi connectivity index (χ0v) is 9.93. The van der Waals surface area contributed by atoms with E-state index in [0.717, 1.165) is 5.69 Å². The summed E-state index contributed by atoms with van der Waals surface area (Å²) in [5.41, 5.74) is 6.70. The second-order valence-electron chi connectivity index (χ2n) is 3.57. The van der Waals surface area contributed by atoms with Crippen molar-refractivity contribution < 1.29 is 9.53 Å². The Hall–Kier alpha value is -2.50. The van der Waals surface area contributed by atoms with Crippen molar-refractivity contribution in [3.05, 3.63) is 35.9 Å². The summed E-state index contributed by atoms with van der Waals surface area (Å²) < 4.78 is 4.93. The van der Waals surface area contributed by atoms with Gasteiger partial charge in [0.2, 0.25) is 0 Å². The number of para-hydroxylation sites is 1. The second-order valence-corrected chi connectivity index (χ2v) is 3.57. The number of rotatable bonds is 4. The van der Waals surface area contributed by atoms with E-state index in [1.54, 1.807) is 6.92 Å². The molecular formula is C12H14N4O2. The highest BCUT2D eigenvalue weighted by Crippen LogP contribution is 2.23.